The predicted molar refractivity (Wildman–Crippen MR) is 134 cm³/mol. The van der Waals surface area contributed by atoms with Crippen LogP contribution < -0.4 is 0 Å². The van der Waals surface area contributed by atoms with Crippen molar-refractivity contribution in [3.63, 3.8) is 0 Å². The van der Waals surface area contributed by atoms with Gasteiger partial charge in [-0.3, -0.25) is 0 Å². The molecule has 1 rings (SSSR count). The van der Waals surface area contributed by atoms with Gasteiger partial charge in [0.2, 0.25) is 12.2 Å². The SMILES string of the molecule is CCCCCCC1(CCCC(CCC)N=C=O)CCCCC1(CCC)CCC(C)N=C=O. The predicted octanol–water partition coefficient (Wildman–Crippen LogP) is 8.48. The highest BCUT2D eigenvalue weighted by atomic mass is 16.1. The molecule has 0 aromatic heterocycles. The minimum Gasteiger partial charge on any atom is -0.211 e. The molecule has 0 aromatic rings. The van der Waals surface area contributed by atoms with E-state index in [1.54, 1.807) is 6.08 Å². The molecular formula is C28H50N2O2. The lowest BCUT2D eigenvalue weighted by Crippen LogP contribution is -2.45. The van der Waals surface area contributed by atoms with Crippen LogP contribution in [0.4, 0.5) is 0 Å². The number of nitrogens with zero attached hydrogens (tertiary/aromatic N) is 2. The maximum Gasteiger partial charge on any atom is 0.235 e. The van der Waals surface area contributed by atoms with Gasteiger partial charge in [-0.2, -0.15) is 0 Å². The maximum absolute atomic E-state index is 10.9. The summed E-state index contributed by atoms with van der Waals surface area (Å²) in [6, 6.07) is 0.206. The highest BCUT2D eigenvalue weighted by molar-refractivity contribution is 5.33. The molecule has 0 aliphatic heterocycles. The fourth-order valence-corrected chi connectivity index (χ4v) is 6.63. The molecule has 0 amide bonds. The van der Waals surface area contributed by atoms with E-state index in [-0.39, 0.29) is 12.1 Å². The molecular weight excluding hydrogens is 396 g/mol. The van der Waals surface area contributed by atoms with Crippen molar-refractivity contribution in [1.82, 2.24) is 0 Å². The molecule has 184 valence electrons. The van der Waals surface area contributed by atoms with Crippen LogP contribution in [0.3, 0.4) is 0 Å². The normalized spacial score (nSPS) is 24.9. The fourth-order valence-electron chi connectivity index (χ4n) is 6.63. The molecule has 1 fully saturated rings. The Labute approximate surface area is 198 Å². The summed E-state index contributed by atoms with van der Waals surface area (Å²) in [5.41, 5.74) is 0.730. The van der Waals surface area contributed by atoms with Gasteiger partial charge >= 0.3 is 0 Å². The van der Waals surface area contributed by atoms with E-state index in [4.69, 9.17) is 0 Å². The number of aliphatic imine (C=N–C) groups is 2. The minimum atomic E-state index is 0.0665. The van der Waals surface area contributed by atoms with Gasteiger partial charge in [-0.05, 0) is 75.5 Å². The van der Waals surface area contributed by atoms with Gasteiger partial charge in [-0.1, -0.05) is 78.6 Å². The summed E-state index contributed by atoms with van der Waals surface area (Å²) in [6.45, 7) is 8.84. The third-order valence-corrected chi connectivity index (χ3v) is 8.29. The van der Waals surface area contributed by atoms with Crippen molar-refractivity contribution in [2.24, 2.45) is 20.8 Å². The Bertz CT molecular complexity index is 590. The van der Waals surface area contributed by atoms with E-state index in [1.165, 1.54) is 83.5 Å². The van der Waals surface area contributed by atoms with E-state index >= 15 is 0 Å². The molecule has 32 heavy (non-hydrogen) atoms. The van der Waals surface area contributed by atoms with Crippen LogP contribution in [0.1, 0.15) is 143 Å². The summed E-state index contributed by atoms with van der Waals surface area (Å²) < 4.78 is 0. The molecule has 0 aromatic carbocycles. The number of hydrogen-bond donors (Lipinski definition) is 0. The second-order valence-corrected chi connectivity index (χ2v) is 10.5. The van der Waals surface area contributed by atoms with Crippen LogP contribution in [0.15, 0.2) is 9.98 Å². The number of isocyanates is 2. The van der Waals surface area contributed by atoms with Crippen LogP contribution in [0.5, 0.6) is 0 Å². The molecule has 4 unspecified atom stereocenters. The quantitative estimate of drug-likeness (QED) is 0.120. The van der Waals surface area contributed by atoms with Gasteiger partial charge in [-0.15, -0.1) is 0 Å². The molecule has 0 radical (unpaired) electrons. The summed E-state index contributed by atoms with van der Waals surface area (Å²) >= 11 is 0. The van der Waals surface area contributed by atoms with Crippen LogP contribution in [0, 0.1) is 10.8 Å². The number of rotatable bonds is 18. The zero-order valence-corrected chi connectivity index (χ0v) is 21.6. The van der Waals surface area contributed by atoms with Crippen molar-refractivity contribution in [3.8, 4) is 0 Å². The van der Waals surface area contributed by atoms with Gasteiger partial charge in [-0.25, -0.2) is 19.6 Å². The monoisotopic (exact) mass is 446 g/mol. The van der Waals surface area contributed by atoms with E-state index < -0.39 is 0 Å². The van der Waals surface area contributed by atoms with Crippen LogP contribution in [0.2, 0.25) is 0 Å². The standard InChI is InChI=1S/C28H50N2O2/c1-5-8-9-10-18-28(21-13-15-26(14-6-2)30-24-32)20-12-11-19-27(28,17-7-3)22-16-25(4)29-23-31/h25-26H,5-22H2,1-4H3. The zero-order valence-electron chi connectivity index (χ0n) is 21.6. The molecule has 4 nitrogen and oxygen atoms in total. The lowest BCUT2D eigenvalue weighted by atomic mass is 9.49. The Morgan fingerprint density at radius 3 is 1.94 bits per heavy atom. The van der Waals surface area contributed by atoms with Crippen molar-refractivity contribution in [1.29, 1.82) is 0 Å². The second kappa shape index (κ2) is 16.4. The maximum atomic E-state index is 10.9. The van der Waals surface area contributed by atoms with Gasteiger partial charge in [0.15, 0.2) is 0 Å². The zero-order chi connectivity index (χ0) is 23.7. The smallest absolute Gasteiger partial charge is 0.211 e. The van der Waals surface area contributed by atoms with E-state index in [1.807, 2.05) is 6.08 Å². The van der Waals surface area contributed by atoms with Crippen molar-refractivity contribution >= 4 is 12.2 Å². The molecule has 1 saturated carbocycles. The van der Waals surface area contributed by atoms with E-state index in [2.05, 4.69) is 37.7 Å². The van der Waals surface area contributed by atoms with Crippen LogP contribution >= 0.6 is 0 Å². The Morgan fingerprint density at radius 2 is 1.34 bits per heavy atom. The topological polar surface area (TPSA) is 58.9 Å². The van der Waals surface area contributed by atoms with E-state index in [0.717, 1.165) is 32.1 Å². The average molecular weight is 447 g/mol. The first-order valence-corrected chi connectivity index (χ1v) is 13.7. The van der Waals surface area contributed by atoms with E-state index in [9.17, 15) is 9.59 Å². The molecule has 1 aliphatic carbocycles. The lowest BCUT2D eigenvalue weighted by Gasteiger charge is -2.56. The third-order valence-electron chi connectivity index (χ3n) is 8.29. The summed E-state index contributed by atoms with van der Waals surface area (Å²) in [5, 5.41) is 0. The molecule has 4 heteroatoms. The van der Waals surface area contributed by atoms with Gasteiger partial charge in [0.1, 0.15) is 0 Å². The molecule has 0 spiro atoms. The summed E-state index contributed by atoms with van der Waals surface area (Å²) in [4.78, 5) is 29.8. The first kappa shape index (κ1) is 28.8. The Balaban J connectivity index is 3.11. The van der Waals surface area contributed by atoms with Crippen LogP contribution in [0.25, 0.3) is 0 Å². The first-order chi connectivity index (χ1) is 15.5. The third kappa shape index (κ3) is 8.95. The van der Waals surface area contributed by atoms with Crippen molar-refractivity contribution in [2.45, 2.75) is 155 Å². The van der Waals surface area contributed by atoms with Crippen molar-refractivity contribution < 1.29 is 9.59 Å². The Morgan fingerprint density at radius 1 is 0.688 bits per heavy atom. The van der Waals surface area contributed by atoms with Gasteiger partial charge in [0.05, 0.1) is 12.1 Å². The van der Waals surface area contributed by atoms with E-state index in [0.29, 0.717) is 10.8 Å². The van der Waals surface area contributed by atoms with Gasteiger partial charge in [0.25, 0.3) is 0 Å². The first-order valence-electron chi connectivity index (χ1n) is 13.7. The highest BCUT2D eigenvalue weighted by Crippen LogP contribution is 2.61. The van der Waals surface area contributed by atoms with Crippen LogP contribution in [-0.2, 0) is 9.59 Å². The van der Waals surface area contributed by atoms with Crippen LogP contribution in [-0.4, -0.2) is 24.2 Å². The summed E-state index contributed by atoms with van der Waals surface area (Å²) in [6.07, 6.45) is 25.6. The second-order valence-electron chi connectivity index (χ2n) is 10.5. The molecule has 0 saturated heterocycles. The Kier molecular flexibility index (Phi) is 14.7. The average Bonchev–Trinajstić information content (AvgIpc) is 2.78. The number of unbranched alkanes of at least 4 members (excludes halogenated alkanes) is 3. The van der Waals surface area contributed by atoms with Crippen molar-refractivity contribution in [2.75, 3.05) is 0 Å². The molecule has 0 bridgehead atoms. The molecule has 0 heterocycles. The van der Waals surface area contributed by atoms with Gasteiger partial charge < -0.3 is 0 Å². The highest BCUT2D eigenvalue weighted by Gasteiger charge is 2.50. The number of carbonyl (C=O) groups excluding carboxylic acids is 2. The summed E-state index contributed by atoms with van der Waals surface area (Å²) in [7, 11) is 0. The van der Waals surface area contributed by atoms with Gasteiger partial charge in [0, 0.05) is 0 Å². The number of hydrogen-bond acceptors (Lipinski definition) is 4. The Hall–Kier alpha value is -1.24. The molecule has 4 atom stereocenters. The lowest BCUT2D eigenvalue weighted by molar-refractivity contribution is -0.0513. The fraction of sp³-hybridized carbons (Fsp3) is 0.929. The summed E-state index contributed by atoms with van der Waals surface area (Å²) in [5.74, 6) is 0. The minimum absolute atomic E-state index is 0.0665. The molecule has 1 aliphatic rings. The molecule has 0 N–H and O–H groups in total. The largest absolute Gasteiger partial charge is 0.235 e. The van der Waals surface area contributed by atoms with Crippen molar-refractivity contribution in [3.05, 3.63) is 0 Å².